The van der Waals surface area contributed by atoms with Crippen molar-refractivity contribution in [2.45, 2.75) is 16.7 Å². The highest BCUT2D eigenvalue weighted by Gasteiger charge is 2.24. The molecule has 1 heterocycles. The molecular formula is C23H16ClN3O3S2. The third-order valence-corrected chi connectivity index (χ3v) is 6.75. The number of rotatable bonds is 5. The fourth-order valence-corrected chi connectivity index (χ4v) is 4.78. The van der Waals surface area contributed by atoms with E-state index in [1.807, 2.05) is 31.2 Å². The van der Waals surface area contributed by atoms with E-state index in [-0.39, 0.29) is 11.6 Å². The lowest BCUT2D eigenvalue weighted by molar-refractivity contribution is -0.387. The number of amides is 1. The molecule has 0 unspecified atom stereocenters. The molecule has 32 heavy (non-hydrogen) atoms. The summed E-state index contributed by atoms with van der Waals surface area (Å²) in [6.45, 7) is 1.99. The summed E-state index contributed by atoms with van der Waals surface area (Å²) in [4.78, 5) is 29.8. The van der Waals surface area contributed by atoms with Crippen molar-refractivity contribution in [3.8, 4) is 0 Å². The van der Waals surface area contributed by atoms with E-state index in [0.717, 1.165) is 22.2 Å². The first-order valence-electron chi connectivity index (χ1n) is 9.46. The lowest BCUT2D eigenvalue weighted by atomic mass is 10.2. The molecule has 0 radical (unpaired) electrons. The summed E-state index contributed by atoms with van der Waals surface area (Å²) in [6, 6.07) is 19.8. The van der Waals surface area contributed by atoms with Gasteiger partial charge in [-0.25, -0.2) is 4.99 Å². The Hall–Kier alpha value is -3.07. The number of benzene rings is 3. The largest absolute Gasteiger partial charge is 0.300 e. The van der Waals surface area contributed by atoms with Crippen molar-refractivity contribution in [3.05, 3.63) is 97.9 Å². The first-order chi connectivity index (χ1) is 15.4. The molecule has 1 N–H and O–H groups in total. The first kappa shape index (κ1) is 22.1. The van der Waals surface area contributed by atoms with Crippen LogP contribution in [0.3, 0.4) is 0 Å². The number of para-hydroxylation sites is 1. The number of halogens is 1. The smallest absolute Gasteiger partial charge is 0.283 e. The molecule has 9 heteroatoms. The molecule has 1 saturated heterocycles. The van der Waals surface area contributed by atoms with E-state index in [2.05, 4.69) is 10.3 Å². The number of carbonyl (C=O) groups is 1. The van der Waals surface area contributed by atoms with Crippen molar-refractivity contribution in [2.24, 2.45) is 4.99 Å². The molecule has 1 aliphatic heterocycles. The molecule has 1 fully saturated rings. The van der Waals surface area contributed by atoms with Gasteiger partial charge in [0, 0.05) is 11.0 Å². The van der Waals surface area contributed by atoms with Crippen LogP contribution in [0.5, 0.6) is 0 Å². The van der Waals surface area contributed by atoms with E-state index >= 15 is 0 Å². The molecule has 1 amide bonds. The number of aryl methyl sites for hydroxylation is 1. The molecule has 1 aliphatic rings. The van der Waals surface area contributed by atoms with Crippen molar-refractivity contribution >= 4 is 63.7 Å². The summed E-state index contributed by atoms with van der Waals surface area (Å²) in [7, 11) is 0. The van der Waals surface area contributed by atoms with Gasteiger partial charge in [-0.15, -0.1) is 0 Å². The van der Waals surface area contributed by atoms with Gasteiger partial charge in [-0.05, 0) is 60.7 Å². The van der Waals surface area contributed by atoms with E-state index in [9.17, 15) is 14.9 Å². The Morgan fingerprint density at radius 3 is 2.59 bits per heavy atom. The SMILES string of the molecule is Cc1ccc(Sc2ccc(C=C3SC(=Nc4ccccc4Cl)NC3=O)cc2[N+](=O)[O-])cc1. The maximum absolute atomic E-state index is 12.4. The average Bonchev–Trinajstić information content (AvgIpc) is 3.11. The predicted octanol–water partition coefficient (Wildman–Crippen LogP) is 6.60. The molecule has 4 rings (SSSR count). The van der Waals surface area contributed by atoms with E-state index < -0.39 is 4.92 Å². The third-order valence-electron chi connectivity index (χ3n) is 4.45. The monoisotopic (exact) mass is 481 g/mol. The van der Waals surface area contributed by atoms with Crippen LogP contribution in [0, 0.1) is 17.0 Å². The molecule has 3 aromatic carbocycles. The summed E-state index contributed by atoms with van der Waals surface area (Å²) < 4.78 is 0. The van der Waals surface area contributed by atoms with Gasteiger partial charge in [0.2, 0.25) is 0 Å². The maximum atomic E-state index is 12.4. The van der Waals surface area contributed by atoms with Gasteiger partial charge in [0.25, 0.3) is 11.6 Å². The minimum Gasteiger partial charge on any atom is -0.300 e. The van der Waals surface area contributed by atoms with E-state index in [0.29, 0.717) is 31.2 Å². The molecule has 0 aliphatic carbocycles. The van der Waals surface area contributed by atoms with Crippen molar-refractivity contribution < 1.29 is 9.72 Å². The fourth-order valence-electron chi connectivity index (χ4n) is 2.87. The summed E-state index contributed by atoms with van der Waals surface area (Å²) in [5.74, 6) is -0.318. The summed E-state index contributed by atoms with van der Waals surface area (Å²) in [5.41, 5.74) is 2.21. The number of carbonyl (C=O) groups excluding carboxylic acids is 1. The minimum atomic E-state index is -0.412. The van der Waals surface area contributed by atoms with Crippen LogP contribution >= 0.6 is 35.1 Å². The first-order valence-corrected chi connectivity index (χ1v) is 11.5. The highest BCUT2D eigenvalue weighted by atomic mass is 35.5. The number of nitro groups is 1. The molecule has 3 aromatic rings. The number of hydrogen-bond acceptors (Lipinski definition) is 6. The second-order valence-corrected chi connectivity index (χ2v) is 9.39. The number of nitrogens with zero attached hydrogens (tertiary/aromatic N) is 2. The molecule has 160 valence electrons. The van der Waals surface area contributed by atoms with Gasteiger partial charge < -0.3 is 5.32 Å². The zero-order chi connectivity index (χ0) is 22.7. The van der Waals surface area contributed by atoms with Crippen LogP contribution in [0.4, 0.5) is 11.4 Å². The Labute approximate surface area is 197 Å². The normalized spacial score (nSPS) is 15.9. The number of thioether (sulfide) groups is 1. The zero-order valence-corrected chi connectivity index (χ0v) is 19.1. The predicted molar refractivity (Wildman–Crippen MR) is 131 cm³/mol. The topological polar surface area (TPSA) is 84.6 Å². The standard InChI is InChI=1S/C23H16ClN3O3S2/c1-14-6-9-16(10-7-14)31-20-11-8-15(12-19(20)27(29)30)13-21-22(28)26-23(32-21)25-18-5-3-2-4-17(18)24/h2-13H,1H3,(H,25,26,28). The number of nitrogens with one attached hydrogen (secondary N) is 1. The highest BCUT2D eigenvalue weighted by molar-refractivity contribution is 8.18. The quantitative estimate of drug-likeness (QED) is 0.252. The van der Waals surface area contributed by atoms with Crippen molar-refractivity contribution in [1.82, 2.24) is 5.32 Å². The van der Waals surface area contributed by atoms with Crippen molar-refractivity contribution in [3.63, 3.8) is 0 Å². The highest BCUT2D eigenvalue weighted by Crippen LogP contribution is 2.37. The van der Waals surface area contributed by atoms with Gasteiger partial charge in [0.15, 0.2) is 5.17 Å². The van der Waals surface area contributed by atoms with Crippen LogP contribution in [-0.4, -0.2) is 16.0 Å². The van der Waals surface area contributed by atoms with E-state index in [1.54, 1.807) is 42.5 Å². The molecular weight excluding hydrogens is 466 g/mol. The van der Waals surface area contributed by atoms with Crippen LogP contribution in [-0.2, 0) is 4.79 Å². The molecule has 0 spiro atoms. The zero-order valence-electron chi connectivity index (χ0n) is 16.7. The number of aliphatic imine (C=N–C) groups is 1. The fraction of sp³-hybridized carbons (Fsp3) is 0.0435. The van der Waals surface area contributed by atoms with Crippen LogP contribution in [0.25, 0.3) is 6.08 Å². The second-order valence-electron chi connectivity index (χ2n) is 6.83. The summed E-state index contributed by atoms with van der Waals surface area (Å²) in [6.07, 6.45) is 1.61. The lowest BCUT2D eigenvalue weighted by Gasteiger charge is -2.05. The number of nitro benzene ring substituents is 1. The molecule has 0 atom stereocenters. The molecule has 0 saturated carbocycles. The Bertz CT molecular complexity index is 1270. The van der Waals surface area contributed by atoms with Crippen LogP contribution in [0.15, 0.2) is 86.4 Å². The average molecular weight is 482 g/mol. The van der Waals surface area contributed by atoms with E-state index in [1.165, 1.54) is 17.8 Å². The number of hydrogen-bond donors (Lipinski definition) is 1. The van der Waals surface area contributed by atoms with Crippen LogP contribution in [0.1, 0.15) is 11.1 Å². The summed E-state index contributed by atoms with van der Waals surface area (Å²) >= 11 is 8.61. The molecule has 6 nitrogen and oxygen atoms in total. The van der Waals surface area contributed by atoms with Gasteiger partial charge in [0.1, 0.15) is 0 Å². The van der Waals surface area contributed by atoms with Gasteiger partial charge in [-0.3, -0.25) is 14.9 Å². The van der Waals surface area contributed by atoms with Crippen molar-refractivity contribution in [2.75, 3.05) is 0 Å². The van der Waals surface area contributed by atoms with Gasteiger partial charge in [-0.1, -0.05) is 59.3 Å². The Morgan fingerprint density at radius 1 is 1.12 bits per heavy atom. The Morgan fingerprint density at radius 2 is 1.88 bits per heavy atom. The molecule has 0 aromatic heterocycles. The van der Waals surface area contributed by atoms with Gasteiger partial charge in [0.05, 0.1) is 25.4 Å². The van der Waals surface area contributed by atoms with E-state index in [4.69, 9.17) is 11.6 Å². The summed E-state index contributed by atoms with van der Waals surface area (Å²) in [5, 5.41) is 15.2. The molecule has 0 bridgehead atoms. The Balaban J connectivity index is 1.59. The Kier molecular flexibility index (Phi) is 6.64. The maximum Gasteiger partial charge on any atom is 0.283 e. The lowest BCUT2D eigenvalue weighted by Crippen LogP contribution is -2.19. The van der Waals surface area contributed by atoms with Crippen molar-refractivity contribution in [1.29, 1.82) is 0 Å². The minimum absolute atomic E-state index is 0.0155. The van der Waals surface area contributed by atoms with Gasteiger partial charge >= 0.3 is 0 Å². The van der Waals surface area contributed by atoms with Gasteiger partial charge in [-0.2, -0.15) is 0 Å². The van der Waals surface area contributed by atoms with Crippen LogP contribution < -0.4 is 5.32 Å². The third kappa shape index (κ3) is 5.21. The second kappa shape index (κ2) is 9.60. The number of amidine groups is 1. The van der Waals surface area contributed by atoms with Crippen LogP contribution in [0.2, 0.25) is 5.02 Å².